The molecular weight excluding hydrogens is 457 g/mol. The molecule has 6 rings (SSSR count). The molecule has 4 aromatic rings. The number of anilines is 1. The molecule has 34 heavy (non-hydrogen) atoms. The fourth-order valence-electron chi connectivity index (χ4n) is 4.98. The summed E-state index contributed by atoms with van der Waals surface area (Å²) in [7, 11) is 0. The van der Waals surface area contributed by atoms with Crippen LogP contribution in [0.2, 0.25) is 5.02 Å². The van der Waals surface area contributed by atoms with Gasteiger partial charge in [0, 0.05) is 47.8 Å². The lowest BCUT2D eigenvalue weighted by Crippen LogP contribution is -2.37. The third-order valence-corrected chi connectivity index (χ3v) is 6.86. The van der Waals surface area contributed by atoms with Crippen LogP contribution in [0.15, 0.2) is 48.9 Å². The van der Waals surface area contributed by atoms with Gasteiger partial charge in [0.15, 0.2) is 0 Å². The number of fused-ring (bicyclic) bond motifs is 3. The summed E-state index contributed by atoms with van der Waals surface area (Å²) in [5, 5.41) is 12.1. The van der Waals surface area contributed by atoms with Crippen LogP contribution in [0.4, 0.5) is 10.3 Å². The Morgan fingerprint density at radius 3 is 2.62 bits per heavy atom. The second-order valence-electron chi connectivity index (χ2n) is 8.80. The van der Waals surface area contributed by atoms with Gasteiger partial charge in [-0.2, -0.15) is 0 Å². The van der Waals surface area contributed by atoms with Gasteiger partial charge in [-0.3, -0.25) is 4.40 Å². The van der Waals surface area contributed by atoms with Gasteiger partial charge in [-0.15, -0.1) is 0 Å². The summed E-state index contributed by atoms with van der Waals surface area (Å²) >= 11 is 6.13. The fraction of sp³-hybridized carbons (Fsp3) is 0.320. The molecule has 174 valence electrons. The molecule has 1 aromatic carbocycles. The molecule has 2 aliphatic rings. The molecule has 1 aliphatic carbocycles. The summed E-state index contributed by atoms with van der Waals surface area (Å²) in [5.41, 5.74) is 2.98. The Morgan fingerprint density at radius 2 is 1.85 bits per heavy atom. The Labute approximate surface area is 200 Å². The van der Waals surface area contributed by atoms with Gasteiger partial charge >= 0.3 is 0 Å². The van der Waals surface area contributed by atoms with Crippen molar-refractivity contribution < 1.29 is 14.2 Å². The third kappa shape index (κ3) is 3.62. The van der Waals surface area contributed by atoms with E-state index >= 15 is 0 Å². The van der Waals surface area contributed by atoms with Crippen molar-refractivity contribution in [2.75, 3.05) is 31.2 Å². The van der Waals surface area contributed by atoms with Gasteiger partial charge in [-0.05, 0) is 55.2 Å². The zero-order chi connectivity index (χ0) is 23.3. The average Bonchev–Trinajstić information content (AvgIpc) is 3.23. The summed E-state index contributed by atoms with van der Waals surface area (Å²) in [6.45, 7) is 2.89. The first-order chi connectivity index (χ1) is 16.5. The van der Waals surface area contributed by atoms with Gasteiger partial charge in [0.05, 0.1) is 24.6 Å². The molecule has 1 N–H and O–H groups in total. The molecule has 4 heterocycles. The van der Waals surface area contributed by atoms with Crippen molar-refractivity contribution in [3.05, 3.63) is 76.7 Å². The molecule has 1 aliphatic heterocycles. The van der Waals surface area contributed by atoms with Crippen molar-refractivity contribution in [3.63, 3.8) is 0 Å². The van der Waals surface area contributed by atoms with Gasteiger partial charge in [-0.1, -0.05) is 11.6 Å². The van der Waals surface area contributed by atoms with Crippen LogP contribution in [-0.2, 0) is 16.8 Å². The number of hydrogen-bond acceptors (Lipinski definition) is 6. The SMILES string of the molecule is OC1(c2cc(F)cc(Cl)c2)CCCc2nc3ccc(-c4cnc(N5CCOCC5)nc4)cn3c21. The number of aromatic nitrogens is 4. The maximum absolute atomic E-state index is 14.2. The van der Waals surface area contributed by atoms with Gasteiger partial charge in [0.25, 0.3) is 0 Å². The Morgan fingerprint density at radius 1 is 1.06 bits per heavy atom. The topological polar surface area (TPSA) is 75.8 Å². The van der Waals surface area contributed by atoms with E-state index in [4.69, 9.17) is 21.3 Å². The number of halogens is 2. The number of nitrogens with zero attached hydrogens (tertiary/aromatic N) is 5. The number of benzene rings is 1. The molecule has 0 amide bonds. The average molecular weight is 480 g/mol. The van der Waals surface area contributed by atoms with Crippen molar-refractivity contribution >= 4 is 23.2 Å². The second kappa shape index (κ2) is 8.30. The zero-order valence-corrected chi connectivity index (χ0v) is 19.2. The number of pyridine rings is 1. The highest BCUT2D eigenvalue weighted by Gasteiger charge is 2.40. The number of rotatable bonds is 3. The van der Waals surface area contributed by atoms with E-state index < -0.39 is 11.4 Å². The van der Waals surface area contributed by atoms with E-state index in [0.29, 0.717) is 36.8 Å². The Hall–Kier alpha value is -3.07. The molecule has 9 heteroatoms. The van der Waals surface area contributed by atoms with Gasteiger partial charge in [0.2, 0.25) is 5.95 Å². The standard InChI is InChI=1S/C25H23ClFN5O2/c26-19-10-18(11-20(27)12-19)25(33)5-1-2-21-23(25)32-15-16(3-4-22(32)30-21)17-13-28-24(29-14-17)31-6-8-34-9-7-31/h3-4,10-15,33H,1-2,5-9H2. The van der Waals surface area contributed by atoms with Crippen LogP contribution >= 0.6 is 11.6 Å². The highest BCUT2D eigenvalue weighted by Crippen LogP contribution is 2.42. The normalized spacial score (nSPS) is 20.5. The van der Waals surface area contributed by atoms with Gasteiger partial charge in [0.1, 0.15) is 17.1 Å². The highest BCUT2D eigenvalue weighted by atomic mass is 35.5. The van der Waals surface area contributed by atoms with Crippen molar-refractivity contribution in [3.8, 4) is 11.1 Å². The van der Waals surface area contributed by atoms with E-state index in [2.05, 4.69) is 14.9 Å². The molecule has 1 saturated heterocycles. The van der Waals surface area contributed by atoms with E-state index in [1.54, 1.807) is 18.5 Å². The van der Waals surface area contributed by atoms with Crippen LogP contribution in [0.5, 0.6) is 0 Å². The summed E-state index contributed by atoms with van der Waals surface area (Å²) in [5.74, 6) is 0.209. The first-order valence-electron chi connectivity index (χ1n) is 11.4. The van der Waals surface area contributed by atoms with Crippen molar-refractivity contribution in [1.82, 2.24) is 19.4 Å². The summed E-state index contributed by atoms with van der Waals surface area (Å²) < 4.78 is 21.5. The van der Waals surface area contributed by atoms with E-state index in [1.807, 2.05) is 22.7 Å². The first-order valence-corrected chi connectivity index (χ1v) is 11.7. The monoisotopic (exact) mass is 479 g/mol. The zero-order valence-electron chi connectivity index (χ0n) is 18.4. The molecule has 3 aromatic heterocycles. The molecule has 7 nitrogen and oxygen atoms in total. The number of hydrogen-bond donors (Lipinski definition) is 1. The number of aryl methyl sites for hydroxylation is 1. The summed E-state index contributed by atoms with van der Waals surface area (Å²) in [6, 6.07) is 8.11. The van der Waals surface area contributed by atoms with Crippen molar-refractivity contribution in [2.45, 2.75) is 24.9 Å². The van der Waals surface area contributed by atoms with Gasteiger partial charge in [-0.25, -0.2) is 19.3 Å². The number of ether oxygens (including phenoxy) is 1. The molecule has 0 spiro atoms. The molecule has 0 radical (unpaired) electrons. The highest BCUT2D eigenvalue weighted by molar-refractivity contribution is 6.30. The minimum Gasteiger partial charge on any atom is -0.379 e. The number of aliphatic hydroxyl groups is 1. The van der Waals surface area contributed by atoms with Crippen molar-refractivity contribution in [2.24, 2.45) is 0 Å². The first kappa shape index (κ1) is 21.5. The molecule has 0 saturated carbocycles. The van der Waals surface area contributed by atoms with Gasteiger partial charge < -0.3 is 14.7 Å². The quantitative estimate of drug-likeness (QED) is 0.479. The number of morpholine rings is 1. The van der Waals surface area contributed by atoms with Crippen LogP contribution in [0.1, 0.15) is 29.8 Å². The lowest BCUT2D eigenvalue weighted by molar-refractivity contribution is 0.0555. The van der Waals surface area contributed by atoms with Crippen LogP contribution in [0.3, 0.4) is 0 Å². The minimum atomic E-state index is -1.39. The molecule has 1 fully saturated rings. The fourth-order valence-corrected chi connectivity index (χ4v) is 5.20. The van der Waals surface area contributed by atoms with Crippen LogP contribution in [0, 0.1) is 5.82 Å². The van der Waals surface area contributed by atoms with Crippen LogP contribution in [-0.4, -0.2) is 50.8 Å². The lowest BCUT2D eigenvalue weighted by atomic mass is 9.80. The van der Waals surface area contributed by atoms with E-state index in [-0.39, 0.29) is 5.02 Å². The largest absolute Gasteiger partial charge is 0.379 e. The van der Waals surface area contributed by atoms with E-state index in [0.717, 1.165) is 48.4 Å². The number of imidazole rings is 1. The predicted octanol–water partition coefficient (Wildman–Crippen LogP) is 3.99. The van der Waals surface area contributed by atoms with E-state index in [1.165, 1.54) is 12.1 Å². The Balaban J connectivity index is 1.42. The maximum atomic E-state index is 14.2. The lowest BCUT2D eigenvalue weighted by Gasteiger charge is -2.33. The maximum Gasteiger partial charge on any atom is 0.225 e. The minimum absolute atomic E-state index is 0.252. The Kier molecular flexibility index (Phi) is 5.24. The van der Waals surface area contributed by atoms with E-state index in [9.17, 15) is 9.50 Å². The summed E-state index contributed by atoms with van der Waals surface area (Å²) in [4.78, 5) is 16.0. The Bertz CT molecular complexity index is 1350. The summed E-state index contributed by atoms with van der Waals surface area (Å²) in [6.07, 6.45) is 7.49. The molecular formula is C25H23ClFN5O2. The molecule has 1 atom stereocenters. The van der Waals surface area contributed by atoms with Crippen LogP contribution in [0.25, 0.3) is 16.8 Å². The second-order valence-corrected chi connectivity index (χ2v) is 9.23. The van der Waals surface area contributed by atoms with Crippen LogP contribution < -0.4 is 4.90 Å². The third-order valence-electron chi connectivity index (χ3n) is 6.64. The predicted molar refractivity (Wildman–Crippen MR) is 127 cm³/mol. The smallest absolute Gasteiger partial charge is 0.225 e. The molecule has 0 bridgehead atoms. The van der Waals surface area contributed by atoms with Crippen molar-refractivity contribution in [1.29, 1.82) is 0 Å². The molecule has 1 unspecified atom stereocenters.